The molecule has 1 fully saturated rings. The predicted octanol–water partition coefficient (Wildman–Crippen LogP) is 3.48. The number of benzene rings is 1. The van der Waals surface area contributed by atoms with E-state index in [2.05, 4.69) is 28.0 Å². The van der Waals surface area contributed by atoms with E-state index in [0.717, 1.165) is 38.1 Å². The fourth-order valence-corrected chi connectivity index (χ4v) is 3.94. The first-order chi connectivity index (χ1) is 13.1. The van der Waals surface area contributed by atoms with E-state index in [0.29, 0.717) is 21.9 Å². The Morgan fingerprint density at radius 1 is 1.44 bits per heavy atom. The van der Waals surface area contributed by atoms with E-state index in [1.165, 1.54) is 5.56 Å². The minimum atomic E-state index is 0.0647. The van der Waals surface area contributed by atoms with E-state index in [9.17, 15) is 4.79 Å². The van der Waals surface area contributed by atoms with Gasteiger partial charge in [0, 0.05) is 44.1 Å². The van der Waals surface area contributed by atoms with Gasteiger partial charge in [0.15, 0.2) is 5.58 Å². The van der Waals surface area contributed by atoms with Gasteiger partial charge in [0.25, 0.3) is 10.7 Å². The molecule has 1 aliphatic rings. The zero-order valence-electron chi connectivity index (χ0n) is 15.2. The molecule has 1 saturated heterocycles. The summed E-state index contributed by atoms with van der Waals surface area (Å²) in [4.78, 5) is 24.6. The topological polar surface area (TPSA) is 65.4 Å². The number of oxazole rings is 1. The summed E-state index contributed by atoms with van der Waals surface area (Å²) in [5.41, 5.74) is 3.31. The molecule has 1 aromatic carbocycles. The molecule has 1 aliphatic heterocycles. The number of carbonyl (C=O) groups is 1. The van der Waals surface area contributed by atoms with Gasteiger partial charge in [0.1, 0.15) is 0 Å². The number of nitrogens with zero attached hydrogens (tertiary/aromatic N) is 3. The molecule has 6 nitrogen and oxygen atoms in total. The minimum Gasteiger partial charge on any atom is -0.429 e. The van der Waals surface area contributed by atoms with Crippen LogP contribution in [0.25, 0.3) is 11.1 Å². The number of H-pyrrole nitrogens is 1. The molecule has 3 aromatic rings. The zero-order chi connectivity index (χ0) is 18.8. The fourth-order valence-electron chi connectivity index (χ4n) is 3.74. The number of hydrogen-bond donors (Lipinski definition) is 1. The Labute approximate surface area is 162 Å². The van der Waals surface area contributed by atoms with E-state index in [1.54, 1.807) is 18.3 Å². The molecule has 0 bridgehead atoms. The molecule has 1 N–H and O–H groups in total. The number of hydrogen-bond acceptors (Lipinski definition) is 5. The first-order valence-corrected chi connectivity index (χ1v) is 9.49. The standard InChI is InChI=1S/C20H22N4O2S/c1-23(11-14-3-2-7-21-10-14)12-15-6-8-24(13-15)19(25)16-4-5-18-17(9-16)22-20(27)26-18/h2-5,7,9-10,15H,6,8,11-13H2,1H3,(H,22,27)/t15-/m0/s1. The van der Waals surface area contributed by atoms with Crippen molar-refractivity contribution in [1.82, 2.24) is 19.8 Å². The Morgan fingerprint density at radius 2 is 2.33 bits per heavy atom. The van der Waals surface area contributed by atoms with Crippen molar-refractivity contribution in [3.8, 4) is 0 Å². The molecule has 2 aromatic heterocycles. The van der Waals surface area contributed by atoms with Crippen molar-refractivity contribution in [3.05, 3.63) is 58.7 Å². The smallest absolute Gasteiger partial charge is 0.266 e. The van der Waals surface area contributed by atoms with Gasteiger partial charge in [0.05, 0.1) is 5.52 Å². The van der Waals surface area contributed by atoms with Gasteiger partial charge >= 0.3 is 0 Å². The van der Waals surface area contributed by atoms with Crippen LogP contribution in [0.2, 0.25) is 0 Å². The van der Waals surface area contributed by atoms with Crippen LogP contribution in [0.3, 0.4) is 0 Å². The maximum atomic E-state index is 12.9. The number of nitrogens with one attached hydrogen (secondary N) is 1. The van der Waals surface area contributed by atoms with Gasteiger partial charge in [-0.2, -0.15) is 0 Å². The summed E-state index contributed by atoms with van der Waals surface area (Å²) in [5.74, 6) is 0.550. The molecule has 1 amide bonds. The first-order valence-electron chi connectivity index (χ1n) is 9.08. The van der Waals surface area contributed by atoms with Gasteiger partial charge < -0.3 is 19.2 Å². The average Bonchev–Trinajstić information content (AvgIpc) is 3.26. The van der Waals surface area contributed by atoms with Gasteiger partial charge in [0.2, 0.25) is 0 Å². The number of fused-ring (bicyclic) bond motifs is 1. The van der Waals surface area contributed by atoms with E-state index in [1.807, 2.05) is 23.2 Å². The average molecular weight is 382 g/mol. The normalized spacial score (nSPS) is 17.1. The summed E-state index contributed by atoms with van der Waals surface area (Å²) in [5, 5.41) is 0. The Balaban J connectivity index is 1.36. The summed E-state index contributed by atoms with van der Waals surface area (Å²) in [6.07, 6.45) is 4.72. The van der Waals surface area contributed by atoms with Crippen molar-refractivity contribution in [2.24, 2.45) is 5.92 Å². The molecule has 0 saturated carbocycles. The van der Waals surface area contributed by atoms with E-state index < -0.39 is 0 Å². The molecule has 4 rings (SSSR count). The number of likely N-dealkylation sites (tertiary alicyclic amines) is 1. The Hall–Kier alpha value is -2.51. The lowest BCUT2D eigenvalue weighted by Gasteiger charge is -2.21. The van der Waals surface area contributed by atoms with Crippen LogP contribution in [0.5, 0.6) is 0 Å². The van der Waals surface area contributed by atoms with E-state index in [-0.39, 0.29) is 5.91 Å². The number of aromatic nitrogens is 2. The molecular formula is C20H22N4O2S. The maximum Gasteiger partial charge on any atom is 0.266 e. The van der Waals surface area contributed by atoms with Gasteiger partial charge in [-0.3, -0.25) is 9.78 Å². The lowest BCUT2D eigenvalue weighted by molar-refractivity contribution is 0.0784. The third kappa shape index (κ3) is 4.09. The summed E-state index contributed by atoms with van der Waals surface area (Å²) in [7, 11) is 2.12. The molecule has 27 heavy (non-hydrogen) atoms. The van der Waals surface area contributed by atoms with E-state index >= 15 is 0 Å². The second-order valence-corrected chi connectivity index (χ2v) is 7.56. The first kappa shape index (κ1) is 17.9. The molecule has 7 heteroatoms. The minimum absolute atomic E-state index is 0.0647. The van der Waals surface area contributed by atoms with Crippen LogP contribution in [0, 0.1) is 10.8 Å². The van der Waals surface area contributed by atoms with Crippen molar-refractivity contribution >= 4 is 29.2 Å². The van der Waals surface area contributed by atoms with Crippen LogP contribution in [-0.4, -0.2) is 52.4 Å². The number of pyridine rings is 1. The predicted molar refractivity (Wildman–Crippen MR) is 106 cm³/mol. The second-order valence-electron chi connectivity index (χ2n) is 7.19. The third-order valence-corrected chi connectivity index (χ3v) is 5.17. The Kier molecular flexibility index (Phi) is 5.05. The van der Waals surface area contributed by atoms with Crippen LogP contribution in [0.15, 0.2) is 47.1 Å². The lowest BCUT2D eigenvalue weighted by Crippen LogP contribution is -2.31. The largest absolute Gasteiger partial charge is 0.429 e. The SMILES string of the molecule is CN(Cc1cccnc1)C[C@@H]1CCN(C(=O)c2ccc3oc(=S)[nH]c3c2)C1. The zero-order valence-corrected chi connectivity index (χ0v) is 16.0. The summed E-state index contributed by atoms with van der Waals surface area (Å²) in [6.45, 7) is 3.42. The molecule has 3 heterocycles. The Bertz CT molecular complexity index is 998. The number of carbonyl (C=O) groups excluding carboxylic acids is 1. The highest BCUT2D eigenvalue weighted by Gasteiger charge is 2.28. The van der Waals surface area contributed by atoms with Crippen LogP contribution < -0.4 is 0 Å². The van der Waals surface area contributed by atoms with Crippen molar-refractivity contribution in [1.29, 1.82) is 0 Å². The molecular weight excluding hydrogens is 360 g/mol. The number of amides is 1. The van der Waals surface area contributed by atoms with Gasteiger partial charge in [-0.05, 0) is 61.4 Å². The van der Waals surface area contributed by atoms with Gasteiger partial charge in [-0.15, -0.1) is 0 Å². The highest BCUT2D eigenvalue weighted by atomic mass is 32.1. The molecule has 140 valence electrons. The number of rotatable bonds is 5. The molecule has 0 spiro atoms. The molecule has 0 radical (unpaired) electrons. The third-order valence-electron chi connectivity index (χ3n) is 4.98. The lowest BCUT2D eigenvalue weighted by atomic mass is 10.1. The second kappa shape index (κ2) is 7.62. The van der Waals surface area contributed by atoms with Gasteiger partial charge in [-0.1, -0.05) is 6.07 Å². The summed E-state index contributed by atoms with van der Waals surface area (Å²) in [6, 6.07) is 9.47. The highest BCUT2D eigenvalue weighted by Crippen LogP contribution is 2.22. The maximum absolute atomic E-state index is 12.9. The summed E-state index contributed by atoms with van der Waals surface area (Å²) < 4.78 is 5.36. The van der Waals surface area contributed by atoms with Crippen LogP contribution in [-0.2, 0) is 6.54 Å². The van der Waals surface area contributed by atoms with Crippen molar-refractivity contribution < 1.29 is 9.21 Å². The quantitative estimate of drug-likeness (QED) is 0.685. The van der Waals surface area contributed by atoms with Crippen LogP contribution in [0.1, 0.15) is 22.3 Å². The fraction of sp³-hybridized carbons (Fsp3) is 0.350. The monoisotopic (exact) mass is 382 g/mol. The Morgan fingerprint density at radius 3 is 3.15 bits per heavy atom. The van der Waals surface area contributed by atoms with E-state index in [4.69, 9.17) is 16.6 Å². The molecule has 0 aliphatic carbocycles. The van der Waals surface area contributed by atoms with Gasteiger partial charge in [-0.25, -0.2) is 0 Å². The molecule has 1 atom stereocenters. The molecule has 0 unspecified atom stereocenters. The van der Waals surface area contributed by atoms with Crippen molar-refractivity contribution in [3.63, 3.8) is 0 Å². The van der Waals surface area contributed by atoms with Crippen molar-refractivity contribution in [2.75, 3.05) is 26.7 Å². The number of aromatic amines is 1. The highest BCUT2D eigenvalue weighted by molar-refractivity contribution is 7.71. The van der Waals surface area contributed by atoms with Crippen LogP contribution in [0.4, 0.5) is 0 Å². The van der Waals surface area contributed by atoms with Crippen molar-refractivity contribution in [2.45, 2.75) is 13.0 Å². The van der Waals surface area contributed by atoms with Crippen LogP contribution >= 0.6 is 12.2 Å². The summed E-state index contributed by atoms with van der Waals surface area (Å²) >= 11 is 5.01.